The van der Waals surface area contributed by atoms with Crippen LogP contribution in [0.2, 0.25) is 0 Å². The van der Waals surface area contributed by atoms with E-state index in [9.17, 15) is 9.59 Å². The number of carboxylic acid groups (broad SMARTS) is 1. The topological polar surface area (TPSA) is 63.6 Å². The zero-order chi connectivity index (χ0) is 15.1. The summed E-state index contributed by atoms with van der Waals surface area (Å²) < 4.78 is 5.52. The normalized spacial score (nSPS) is 11.8. The molecule has 4 heteroatoms. The second-order valence-corrected chi connectivity index (χ2v) is 4.54. The molecule has 1 N–H and O–H groups in total. The Kier molecular flexibility index (Phi) is 5.23. The van der Waals surface area contributed by atoms with Gasteiger partial charge in [-0.15, -0.1) is 0 Å². The summed E-state index contributed by atoms with van der Waals surface area (Å²) in [5, 5.41) is 8.69. The van der Waals surface area contributed by atoms with E-state index in [2.05, 4.69) is 0 Å². The first-order valence-electron chi connectivity index (χ1n) is 6.66. The second-order valence-electron chi connectivity index (χ2n) is 4.54. The summed E-state index contributed by atoms with van der Waals surface area (Å²) in [5.74, 6) is -1.12. The fourth-order valence-electron chi connectivity index (χ4n) is 1.97. The standard InChI is InChI=1S/C17H16O4/c18-15(19)11-12-21-17(14-9-5-2-6-10-14)16(20)13-7-3-1-4-8-13/h1-10,17H,11-12H2,(H,18,19)/t17-/m1/s1. The molecule has 0 saturated heterocycles. The van der Waals surface area contributed by atoms with Gasteiger partial charge in [0.25, 0.3) is 0 Å². The van der Waals surface area contributed by atoms with Crippen LogP contribution in [-0.2, 0) is 9.53 Å². The lowest BCUT2D eigenvalue weighted by Gasteiger charge is -2.17. The molecule has 0 amide bonds. The van der Waals surface area contributed by atoms with Crippen LogP contribution < -0.4 is 0 Å². The predicted octanol–water partition coefficient (Wildman–Crippen LogP) is 3.10. The number of ether oxygens (including phenoxy) is 1. The van der Waals surface area contributed by atoms with Gasteiger partial charge in [-0.1, -0.05) is 60.7 Å². The molecule has 0 aliphatic rings. The molecule has 0 bridgehead atoms. The van der Waals surface area contributed by atoms with Crippen LogP contribution in [0.5, 0.6) is 0 Å². The molecule has 0 heterocycles. The number of carbonyl (C=O) groups excluding carboxylic acids is 1. The molecule has 0 unspecified atom stereocenters. The molecule has 2 aromatic rings. The molecule has 0 radical (unpaired) electrons. The van der Waals surface area contributed by atoms with E-state index in [4.69, 9.17) is 9.84 Å². The Morgan fingerprint density at radius 1 is 0.952 bits per heavy atom. The maximum atomic E-state index is 12.5. The smallest absolute Gasteiger partial charge is 0.305 e. The van der Waals surface area contributed by atoms with Gasteiger partial charge in [0.2, 0.25) is 0 Å². The van der Waals surface area contributed by atoms with E-state index in [1.54, 1.807) is 36.4 Å². The Morgan fingerprint density at radius 3 is 2.10 bits per heavy atom. The van der Waals surface area contributed by atoms with Crippen molar-refractivity contribution in [3.05, 3.63) is 71.8 Å². The average molecular weight is 284 g/mol. The van der Waals surface area contributed by atoms with Crippen molar-refractivity contribution in [1.29, 1.82) is 0 Å². The van der Waals surface area contributed by atoms with Gasteiger partial charge in [-0.05, 0) is 5.56 Å². The van der Waals surface area contributed by atoms with Crippen molar-refractivity contribution in [1.82, 2.24) is 0 Å². The van der Waals surface area contributed by atoms with Gasteiger partial charge >= 0.3 is 5.97 Å². The number of carbonyl (C=O) groups is 2. The van der Waals surface area contributed by atoms with Crippen molar-refractivity contribution in [3.8, 4) is 0 Å². The molecule has 4 nitrogen and oxygen atoms in total. The molecule has 0 spiro atoms. The third kappa shape index (κ3) is 4.26. The van der Waals surface area contributed by atoms with E-state index in [0.29, 0.717) is 5.56 Å². The van der Waals surface area contributed by atoms with Crippen molar-refractivity contribution >= 4 is 11.8 Å². The SMILES string of the molecule is O=C(O)CCO[C@@H](C(=O)c1ccccc1)c1ccccc1. The molecule has 0 fully saturated rings. The summed E-state index contributed by atoms with van der Waals surface area (Å²) in [6.45, 7) is -0.00648. The van der Waals surface area contributed by atoms with E-state index in [1.807, 2.05) is 24.3 Å². The van der Waals surface area contributed by atoms with Gasteiger partial charge < -0.3 is 9.84 Å². The highest BCUT2D eigenvalue weighted by molar-refractivity contribution is 6.00. The number of carboxylic acids is 1. The van der Waals surface area contributed by atoms with Crippen LogP contribution in [0.1, 0.15) is 28.4 Å². The van der Waals surface area contributed by atoms with Crippen molar-refractivity contribution in [2.75, 3.05) is 6.61 Å². The van der Waals surface area contributed by atoms with Crippen molar-refractivity contribution in [2.45, 2.75) is 12.5 Å². The largest absolute Gasteiger partial charge is 0.481 e. The molecule has 0 aromatic heterocycles. The van der Waals surface area contributed by atoms with Gasteiger partial charge in [0.15, 0.2) is 5.78 Å². The van der Waals surface area contributed by atoms with Crippen LogP contribution in [0.25, 0.3) is 0 Å². The van der Waals surface area contributed by atoms with Crippen LogP contribution in [0.4, 0.5) is 0 Å². The molecule has 0 saturated carbocycles. The Balaban J connectivity index is 2.19. The van der Waals surface area contributed by atoms with Gasteiger partial charge in [-0.3, -0.25) is 9.59 Å². The fourth-order valence-corrected chi connectivity index (χ4v) is 1.97. The first-order valence-corrected chi connectivity index (χ1v) is 6.66. The number of aliphatic carboxylic acids is 1. The van der Waals surface area contributed by atoms with E-state index in [-0.39, 0.29) is 18.8 Å². The quantitative estimate of drug-likeness (QED) is 0.793. The molecular formula is C17H16O4. The van der Waals surface area contributed by atoms with E-state index in [0.717, 1.165) is 5.56 Å². The maximum Gasteiger partial charge on any atom is 0.305 e. The van der Waals surface area contributed by atoms with Gasteiger partial charge in [0, 0.05) is 5.56 Å². The first kappa shape index (κ1) is 14.9. The van der Waals surface area contributed by atoms with Crippen molar-refractivity contribution in [2.24, 2.45) is 0 Å². The van der Waals surface area contributed by atoms with Crippen molar-refractivity contribution in [3.63, 3.8) is 0 Å². The second kappa shape index (κ2) is 7.36. The number of Topliss-reactive ketones (excluding diaryl/α,β-unsaturated/α-hetero) is 1. The summed E-state index contributed by atoms with van der Waals surface area (Å²) in [5.41, 5.74) is 1.26. The fraction of sp³-hybridized carbons (Fsp3) is 0.176. The molecular weight excluding hydrogens is 268 g/mol. The van der Waals surface area contributed by atoms with Crippen molar-refractivity contribution < 1.29 is 19.4 Å². The monoisotopic (exact) mass is 284 g/mol. The summed E-state index contributed by atoms with van der Waals surface area (Å²) >= 11 is 0. The Labute approximate surface area is 123 Å². The van der Waals surface area contributed by atoms with E-state index >= 15 is 0 Å². The third-order valence-electron chi connectivity index (χ3n) is 3.00. The minimum absolute atomic E-state index is 0.00648. The molecule has 2 aromatic carbocycles. The van der Waals surface area contributed by atoms with Crippen LogP contribution in [0, 0.1) is 0 Å². The number of benzene rings is 2. The summed E-state index contributed by atoms with van der Waals surface area (Å²) in [6.07, 6.45) is -0.918. The molecule has 0 aliphatic heterocycles. The zero-order valence-electron chi connectivity index (χ0n) is 11.4. The van der Waals surface area contributed by atoms with Crippen LogP contribution in [0.3, 0.4) is 0 Å². The van der Waals surface area contributed by atoms with Gasteiger partial charge in [0.1, 0.15) is 6.10 Å². The number of hydrogen-bond donors (Lipinski definition) is 1. The van der Waals surface area contributed by atoms with E-state index < -0.39 is 12.1 Å². The Bertz CT molecular complexity index is 593. The highest BCUT2D eigenvalue weighted by Gasteiger charge is 2.22. The van der Waals surface area contributed by atoms with E-state index in [1.165, 1.54) is 0 Å². The summed E-state index contributed by atoms with van der Waals surface area (Å²) in [6, 6.07) is 17.9. The summed E-state index contributed by atoms with van der Waals surface area (Å²) in [4.78, 5) is 23.1. The lowest BCUT2D eigenvalue weighted by atomic mass is 10.00. The van der Waals surface area contributed by atoms with Gasteiger partial charge in [-0.2, -0.15) is 0 Å². The average Bonchev–Trinajstić information content (AvgIpc) is 2.52. The van der Waals surface area contributed by atoms with Crippen LogP contribution in [0.15, 0.2) is 60.7 Å². The number of ketones is 1. The minimum Gasteiger partial charge on any atom is -0.481 e. The highest BCUT2D eigenvalue weighted by atomic mass is 16.5. The molecule has 0 aliphatic carbocycles. The first-order chi connectivity index (χ1) is 10.2. The molecule has 2 rings (SSSR count). The van der Waals surface area contributed by atoms with Gasteiger partial charge in [0.05, 0.1) is 13.0 Å². The molecule has 21 heavy (non-hydrogen) atoms. The predicted molar refractivity (Wildman–Crippen MR) is 78.2 cm³/mol. The highest BCUT2D eigenvalue weighted by Crippen LogP contribution is 2.22. The number of rotatable bonds is 7. The minimum atomic E-state index is -0.950. The lowest BCUT2D eigenvalue weighted by Crippen LogP contribution is -2.18. The number of hydrogen-bond acceptors (Lipinski definition) is 3. The molecule has 108 valence electrons. The maximum absolute atomic E-state index is 12.5. The molecule has 1 atom stereocenters. The Morgan fingerprint density at radius 2 is 1.52 bits per heavy atom. The lowest BCUT2D eigenvalue weighted by molar-refractivity contribution is -0.138. The van der Waals surface area contributed by atoms with Crippen LogP contribution in [-0.4, -0.2) is 23.5 Å². The zero-order valence-corrected chi connectivity index (χ0v) is 11.4. The summed E-state index contributed by atoms with van der Waals surface area (Å²) in [7, 11) is 0. The third-order valence-corrected chi connectivity index (χ3v) is 3.00. The van der Waals surface area contributed by atoms with Crippen LogP contribution >= 0.6 is 0 Å². The Hall–Kier alpha value is -2.46. The van der Waals surface area contributed by atoms with Gasteiger partial charge in [-0.25, -0.2) is 0 Å².